The van der Waals surface area contributed by atoms with Crippen LogP contribution in [0.5, 0.6) is 0 Å². The summed E-state index contributed by atoms with van der Waals surface area (Å²) >= 11 is 0. The van der Waals surface area contributed by atoms with E-state index in [-0.39, 0.29) is 34.9 Å². The topological polar surface area (TPSA) is 59.1 Å². The van der Waals surface area contributed by atoms with Gasteiger partial charge in [0.15, 0.2) is 0 Å². The van der Waals surface area contributed by atoms with Gasteiger partial charge in [0.2, 0.25) is 0 Å². The van der Waals surface area contributed by atoms with Gasteiger partial charge < -0.3 is 19.1 Å². The average molecular weight is 498 g/mol. The Morgan fingerprint density at radius 2 is 1.89 bits per heavy atom. The molecule has 7 heteroatoms. The summed E-state index contributed by atoms with van der Waals surface area (Å²) < 4.78 is 13.3. The van der Waals surface area contributed by atoms with E-state index < -0.39 is 7.12 Å². The number of nitrogens with zero attached hydrogens (tertiary/aromatic N) is 2. The molecule has 8 rings (SSSR count). The van der Waals surface area contributed by atoms with Crippen molar-refractivity contribution < 1.29 is 18.9 Å². The van der Waals surface area contributed by atoms with Gasteiger partial charge in [-0.3, -0.25) is 9.59 Å². The molecular weight excluding hydrogens is 463 g/mol. The van der Waals surface area contributed by atoms with Gasteiger partial charge in [0, 0.05) is 19.6 Å². The fourth-order valence-corrected chi connectivity index (χ4v) is 8.08. The summed E-state index contributed by atoms with van der Waals surface area (Å²) in [4.78, 5) is 31.3. The maximum Gasteiger partial charge on any atom is 0.481 e. The summed E-state index contributed by atoms with van der Waals surface area (Å²) in [6, 6.07) is 15.7. The lowest BCUT2D eigenvalue weighted by molar-refractivity contribution is -0.199. The van der Waals surface area contributed by atoms with Crippen LogP contribution in [-0.2, 0) is 22.4 Å². The Hall–Kier alpha value is -2.64. The molecule has 2 aromatic rings. The molecule has 0 N–H and O–H groups in total. The van der Waals surface area contributed by atoms with Crippen molar-refractivity contribution in [3.8, 4) is 0 Å². The van der Waals surface area contributed by atoms with Crippen molar-refractivity contribution in [2.45, 2.75) is 77.2 Å². The molecule has 3 heterocycles. The minimum Gasteiger partial charge on any atom is -0.404 e. The van der Waals surface area contributed by atoms with Crippen molar-refractivity contribution in [1.29, 1.82) is 0 Å². The van der Waals surface area contributed by atoms with Crippen LogP contribution in [0.25, 0.3) is 0 Å². The minimum atomic E-state index is -0.404. The molecule has 3 aliphatic heterocycles. The van der Waals surface area contributed by atoms with Gasteiger partial charge in [0.1, 0.15) is 0 Å². The standard InChI is InChI=1S/C30H35BN2O4/c1-29(2)21-15-23(29)30(3)24(16-21)36-31(37-30)25-13-8-14-33(25)27(34)22-12-7-11-20-18-32(28(35)26(20)22)17-19-9-5-4-6-10-19/h4-7,9-12,21,23-25H,8,13-18H2,1-3H3/t21-,23-,24+,25+,30-/m1/s1. The summed E-state index contributed by atoms with van der Waals surface area (Å²) in [5.74, 6) is 0.919. The molecular formula is C30H35BN2O4. The van der Waals surface area contributed by atoms with E-state index in [1.165, 1.54) is 6.42 Å². The van der Waals surface area contributed by atoms with Crippen molar-refractivity contribution >= 4 is 18.9 Å². The van der Waals surface area contributed by atoms with E-state index in [9.17, 15) is 9.59 Å². The molecule has 0 radical (unpaired) electrons. The van der Waals surface area contributed by atoms with Crippen molar-refractivity contribution in [2.75, 3.05) is 6.54 Å². The van der Waals surface area contributed by atoms with E-state index in [4.69, 9.17) is 9.31 Å². The first kappa shape index (κ1) is 23.5. The quantitative estimate of drug-likeness (QED) is 0.573. The summed E-state index contributed by atoms with van der Waals surface area (Å²) in [7, 11) is -0.404. The molecule has 3 aliphatic carbocycles. The van der Waals surface area contributed by atoms with Gasteiger partial charge in [0.25, 0.3) is 11.8 Å². The normalized spacial score (nSPS) is 33.4. The number of rotatable bonds is 4. The van der Waals surface area contributed by atoms with Gasteiger partial charge in [-0.1, -0.05) is 56.3 Å². The minimum absolute atomic E-state index is 0.0625. The van der Waals surface area contributed by atoms with Crippen LogP contribution >= 0.6 is 0 Å². The zero-order valence-electron chi connectivity index (χ0n) is 22.0. The molecule has 192 valence electrons. The molecule has 2 amide bonds. The summed E-state index contributed by atoms with van der Waals surface area (Å²) in [6.07, 6.45) is 4.12. The molecule has 0 spiro atoms. The number of fused-ring (bicyclic) bond motifs is 1. The Bertz CT molecular complexity index is 1270. The van der Waals surface area contributed by atoms with Crippen LogP contribution in [0.1, 0.15) is 78.3 Å². The van der Waals surface area contributed by atoms with E-state index in [1.807, 2.05) is 58.3 Å². The number of carbonyl (C=O) groups excluding carboxylic acids is 2. The van der Waals surface area contributed by atoms with Gasteiger partial charge >= 0.3 is 7.12 Å². The summed E-state index contributed by atoms with van der Waals surface area (Å²) in [5.41, 5.74) is 3.08. The first-order chi connectivity index (χ1) is 17.8. The molecule has 6 nitrogen and oxygen atoms in total. The second-order valence-electron chi connectivity index (χ2n) is 12.5. The van der Waals surface area contributed by atoms with Crippen LogP contribution in [0, 0.1) is 17.3 Å². The Morgan fingerprint density at radius 3 is 2.68 bits per heavy atom. The van der Waals surface area contributed by atoms with Gasteiger partial charge in [-0.2, -0.15) is 0 Å². The molecule has 0 aromatic heterocycles. The van der Waals surface area contributed by atoms with E-state index >= 15 is 0 Å². The van der Waals surface area contributed by atoms with Crippen LogP contribution in [0.4, 0.5) is 0 Å². The number of hydrogen-bond acceptors (Lipinski definition) is 4. The molecule has 0 unspecified atom stereocenters. The number of hydrogen-bond donors (Lipinski definition) is 0. The molecule has 2 aromatic carbocycles. The molecule has 5 atom stereocenters. The van der Waals surface area contributed by atoms with E-state index in [0.29, 0.717) is 42.6 Å². The monoisotopic (exact) mass is 498 g/mol. The highest BCUT2D eigenvalue weighted by Crippen LogP contribution is 2.66. The number of likely N-dealkylation sites (tertiary alicyclic amines) is 1. The second kappa shape index (κ2) is 8.18. The average Bonchev–Trinajstić information content (AvgIpc) is 3.59. The number of carbonyl (C=O) groups is 2. The predicted octanol–water partition coefficient (Wildman–Crippen LogP) is 4.71. The van der Waals surface area contributed by atoms with Crippen LogP contribution in [-0.4, -0.2) is 52.9 Å². The van der Waals surface area contributed by atoms with Crippen molar-refractivity contribution in [2.24, 2.45) is 17.3 Å². The highest BCUT2D eigenvalue weighted by molar-refractivity contribution is 6.48. The predicted molar refractivity (Wildman–Crippen MR) is 141 cm³/mol. The zero-order valence-corrected chi connectivity index (χ0v) is 22.0. The Kier molecular flexibility index (Phi) is 5.19. The molecule has 3 saturated carbocycles. The van der Waals surface area contributed by atoms with Crippen molar-refractivity contribution in [1.82, 2.24) is 9.80 Å². The van der Waals surface area contributed by atoms with Gasteiger partial charge in [-0.05, 0) is 67.1 Å². The van der Waals surface area contributed by atoms with Gasteiger partial charge in [0.05, 0.1) is 28.8 Å². The molecule has 2 bridgehead atoms. The van der Waals surface area contributed by atoms with Gasteiger partial charge in [-0.15, -0.1) is 0 Å². The maximum atomic E-state index is 14.0. The lowest BCUT2D eigenvalue weighted by Crippen LogP contribution is -2.65. The van der Waals surface area contributed by atoms with Crippen LogP contribution in [0.2, 0.25) is 0 Å². The van der Waals surface area contributed by atoms with Crippen LogP contribution < -0.4 is 0 Å². The third-order valence-electron chi connectivity index (χ3n) is 10.3. The van der Waals surface area contributed by atoms with Crippen molar-refractivity contribution in [3.05, 3.63) is 70.8 Å². The van der Waals surface area contributed by atoms with E-state index in [1.54, 1.807) is 0 Å². The van der Waals surface area contributed by atoms with Crippen molar-refractivity contribution in [3.63, 3.8) is 0 Å². The Labute approximate surface area is 219 Å². The Morgan fingerprint density at radius 1 is 1.08 bits per heavy atom. The highest BCUT2D eigenvalue weighted by Gasteiger charge is 2.69. The second-order valence-corrected chi connectivity index (χ2v) is 12.5. The van der Waals surface area contributed by atoms with E-state index in [2.05, 4.69) is 20.8 Å². The first-order valence-electron chi connectivity index (χ1n) is 13.9. The molecule has 2 saturated heterocycles. The lowest BCUT2D eigenvalue weighted by atomic mass is 9.43. The third-order valence-corrected chi connectivity index (χ3v) is 10.3. The number of benzene rings is 2. The zero-order chi connectivity index (χ0) is 25.5. The number of amides is 2. The maximum absolute atomic E-state index is 14.0. The smallest absolute Gasteiger partial charge is 0.404 e. The lowest BCUT2D eigenvalue weighted by Gasteiger charge is -2.64. The Balaban J connectivity index is 1.12. The van der Waals surface area contributed by atoms with E-state index in [0.717, 1.165) is 30.4 Å². The SMILES string of the molecule is CC1(C)[C@H]2C[C@@H]3OB([C@@H]4CCCN4C(=O)c4cccc5c4C(=O)N(Cc4ccccc4)C5)O[C@]3(C)[C@@H]1C2. The van der Waals surface area contributed by atoms with Crippen LogP contribution in [0.3, 0.4) is 0 Å². The third kappa shape index (κ3) is 3.39. The van der Waals surface area contributed by atoms with Crippen LogP contribution in [0.15, 0.2) is 48.5 Å². The molecule has 5 fully saturated rings. The summed E-state index contributed by atoms with van der Waals surface area (Å²) in [6.45, 7) is 8.69. The van der Waals surface area contributed by atoms with Gasteiger partial charge in [-0.25, -0.2) is 0 Å². The first-order valence-corrected chi connectivity index (χ1v) is 13.9. The fraction of sp³-hybridized carbons (Fsp3) is 0.533. The highest BCUT2D eigenvalue weighted by atomic mass is 16.7. The largest absolute Gasteiger partial charge is 0.481 e. The summed E-state index contributed by atoms with van der Waals surface area (Å²) in [5, 5.41) is 0. The molecule has 37 heavy (non-hydrogen) atoms. The fourth-order valence-electron chi connectivity index (χ4n) is 8.08. The molecule has 6 aliphatic rings.